The van der Waals surface area contributed by atoms with Crippen molar-refractivity contribution in [1.29, 1.82) is 0 Å². The molecule has 0 spiro atoms. The van der Waals surface area contributed by atoms with Crippen molar-refractivity contribution in [2.24, 2.45) is 12.0 Å². The number of amides is 1. The molecule has 23 heavy (non-hydrogen) atoms. The summed E-state index contributed by atoms with van der Waals surface area (Å²) in [5.41, 5.74) is 0.848. The lowest BCUT2D eigenvalue weighted by Gasteiger charge is -2.35. The number of rotatable bonds is 4. The molecule has 0 radical (unpaired) electrons. The number of aliphatic imine (C=N–C) groups is 1. The fourth-order valence-electron chi connectivity index (χ4n) is 2.43. The normalized spacial score (nSPS) is 17.8. The molecule has 8 nitrogen and oxygen atoms in total. The smallest absolute Gasteiger partial charge is 0.246 e. The summed E-state index contributed by atoms with van der Waals surface area (Å²) in [6.07, 6.45) is 3.58. The molecule has 1 unspecified atom stereocenters. The second-order valence-corrected chi connectivity index (χ2v) is 6.08. The van der Waals surface area contributed by atoms with Crippen molar-refractivity contribution < 1.29 is 4.79 Å². The largest absolute Gasteiger partial charge is 0.355 e. The van der Waals surface area contributed by atoms with Crippen LogP contribution in [0.1, 0.15) is 6.92 Å². The van der Waals surface area contributed by atoms with Gasteiger partial charge in [0.15, 0.2) is 5.96 Å². The third-order valence-electron chi connectivity index (χ3n) is 4.17. The first-order chi connectivity index (χ1) is 10.9. The Morgan fingerprint density at radius 2 is 2.22 bits per heavy atom. The molecule has 1 aromatic heterocycles. The number of carbonyl (C=O) groups is 1. The number of aromatic nitrogens is 2. The number of likely N-dealkylation sites (N-methyl/N-ethyl adjacent to an activating group) is 1. The highest BCUT2D eigenvalue weighted by atomic mass is 16.2. The minimum absolute atomic E-state index is 0.0628. The van der Waals surface area contributed by atoms with Gasteiger partial charge in [0.25, 0.3) is 0 Å². The predicted octanol–water partition coefficient (Wildman–Crippen LogP) is -0.406. The van der Waals surface area contributed by atoms with E-state index in [1.54, 1.807) is 22.8 Å². The van der Waals surface area contributed by atoms with E-state index in [-0.39, 0.29) is 5.91 Å². The topological polar surface area (TPSA) is 69.0 Å². The van der Waals surface area contributed by atoms with E-state index in [9.17, 15) is 4.79 Å². The predicted molar refractivity (Wildman–Crippen MR) is 91.6 cm³/mol. The number of carbonyl (C=O) groups excluding carboxylic acids is 1. The van der Waals surface area contributed by atoms with Gasteiger partial charge in [0.1, 0.15) is 6.54 Å². The molecule has 0 saturated carbocycles. The van der Waals surface area contributed by atoms with Gasteiger partial charge in [-0.3, -0.25) is 14.5 Å². The van der Waals surface area contributed by atoms with Gasteiger partial charge in [-0.1, -0.05) is 0 Å². The van der Waals surface area contributed by atoms with E-state index in [0.717, 1.165) is 24.7 Å². The zero-order valence-electron chi connectivity index (χ0n) is 14.7. The Labute approximate surface area is 137 Å². The fourth-order valence-corrected chi connectivity index (χ4v) is 2.43. The maximum atomic E-state index is 12.4. The molecule has 1 aliphatic heterocycles. The Bertz CT molecular complexity index is 566. The molecule has 1 aromatic rings. The molecule has 1 atom stereocenters. The van der Waals surface area contributed by atoms with E-state index < -0.39 is 0 Å². The zero-order valence-corrected chi connectivity index (χ0v) is 14.7. The standard InChI is InChI=1S/C15H27N7O/c1-12(19(3)4)8-17-15(16-2)21-6-7-22(14(23)11-21)13-9-18-20(5)10-13/h9-10,12H,6-8,11H2,1-5H3,(H,16,17). The van der Waals surface area contributed by atoms with E-state index in [1.165, 1.54) is 0 Å². The van der Waals surface area contributed by atoms with Gasteiger partial charge in [-0.2, -0.15) is 5.10 Å². The van der Waals surface area contributed by atoms with E-state index in [1.807, 2.05) is 32.2 Å². The van der Waals surface area contributed by atoms with Crippen LogP contribution < -0.4 is 10.2 Å². The number of aryl methyl sites for hydroxylation is 1. The van der Waals surface area contributed by atoms with Gasteiger partial charge in [0.05, 0.1) is 11.9 Å². The Kier molecular flexibility index (Phi) is 5.59. The van der Waals surface area contributed by atoms with Gasteiger partial charge >= 0.3 is 0 Å². The lowest BCUT2D eigenvalue weighted by atomic mass is 10.3. The number of nitrogens with zero attached hydrogens (tertiary/aromatic N) is 6. The maximum absolute atomic E-state index is 12.4. The van der Waals surface area contributed by atoms with Crippen LogP contribution in [0.2, 0.25) is 0 Å². The van der Waals surface area contributed by atoms with Gasteiger partial charge in [-0.15, -0.1) is 0 Å². The van der Waals surface area contributed by atoms with Gasteiger partial charge in [-0.25, -0.2) is 0 Å². The SMILES string of the molecule is CN=C(NCC(C)N(C)C)N1CCN(c2cnn(C)c2)C(=O)C1. The molecular formula is C15H27N7O. The minimum Gasteiger partial charge on any atom is -0.355 e. The van der Waals surface area contributed by atoms with Gasteiger partial charge in [-0.05, 0) is 21.0 Å². The summed E-state index contributed by atoms with van der Waals surface area (Å²) >= 11 is 0. The first-order valence-corrected chi connectivity index (χ1v) is 7.83. The number of nitrogens with one attached hydrogen (secondary N) is 1. The van der Waals surface area contributed by atoms with Crippen molar-refractivity contribution in [2.75, 3.05) is 52.2 Å². The summed E-state index contributed by atoms with van der Waals surface area (Å²) in [5.74, 6) is 0.839. The molecule has 2 heterocycles. The molecular weight excluding hydrogens is 294 g/mol. The van der Waals surface area contributed by atoms with Crippen LogP contribution >= 0.6 is 0 Å². The van der Waals surface area contributed by atoms with E-state index >= 15 is 0 Å². The highest BCUT2D eigenvalue weighted by Crippen LogP contribution is 2.15. The van der Waals surface area contributed by atoms with E-state index in [2.05, 4.69) is 27.2 Å². The lowest BCUT2D eigenvalue weighted by Crippen LogP contribution is -2.56. The Balaban J connectivity index is 1.94. The molecule has 128 valence electrons. The van der Waals surface area contributed by atoms with Crippen LogP contribution in [0.5, 0.6) is 0 Å². The van der Waals surface area contributed by atoms with Crippen LogP contribution in [0.15, 0.2) is 17.4 Å². The number of hydrogen-bond donors (Lipinski definition) is 1. The van der Waals surface area contributed by atoms with Gasteiger partial charge in [0, 0.05) is 46.0 Å². The first kappa shape index (κ1) is 17.3. The van der Waals surface area contributed by atoms with Crippen LogP contribution in [0.25, 0.3) is 0 Å². The van der Waals surface area contributed by atoms with Crippen molar-refractivity contribution in [2.45, 2.75) is 13.0 Å². The highest BCUT2D eigenvalue weighted by molar-refractivity contribution is 5.98. The molecule has 0 bridgehead atoms. The third-order valence-corrected chi connectivity index (χ3v) is 4.17. The van der Waals surface area contributed by atoms with Crippen molar-refractivity contribution in [3.8, 4) is 0 Å². The second-order valence-electron chi connectivity index (χ2n) is 6.08. The lowest BCUT2D eigenvalue weighted by molar-refractivity contribution is -0.120. The molecule has 1 fully saturated rings. The van der Waals surface area contributed by atoms with Crippen LogP contribution in [-0.4, -0.2) is 84.8 Å². The van der Waals surface area contributed by atoms with Crippen molar-refractivity contribution >= 4 is 17.6 Å². The van der Waals surface area contributed by atoms with Crippen LogP contribution in [0, 0.1) is 0 Å². The summed E-state index contributed by atoms with van der Waals surface area (Å²) in [5, 5.41) is 7.48. The van der Waals surface area contributed by atoms with Crippen molar-refractivity contribution in [3.05, 3.63) is 12.4 Å². The molecule has 1 aliphatic rings. The van der Waals surface area contributed by atoms with E-state index in [4.69, 9.17) is 0 Å². The van der Waals surface area contributed by atoms with E-state index in [0.29, 0.717) is 19.1 Å². The average Bonchev–Trinajstić information content (AvgIpc) is 2.94. The Morgan fingerprint density at radius 1 is 1.48 bits per heavy atom. The molecule has 2 rings (SSSR count). The molecule has 1 saturated heterocycles. The first-order valence-electron chi connectivity index (χ1n) is 7.83. The summed E-state index contributed by atoms with van der Waals surface area (Å²) < 4.78 is 1.71. The van der Waals surface area contributed by atoms with Crippen LogP contribution in [0.4, 0.5) is 5.69 Å². The second kappa shape index (κ2) is 7.45. The molecule has 0 aliphatic carbocycles. The number of guanidine groups is 1. The molecule has 1 N–H and O–H groups in total. The number of piperazine rings is 1. The minimum atomic E-state index is 0.0628. The Morgan fingerprint density at radius 3 is 2.74 bits per heavy atom. The third kappa shape index (κ3) is 4.22. The summed E-state index contributed by atoms with van der Waals surface area (Å²) in [7, 11) is 7.69. The Hall–Kier alpha value is -2.09. The van der Waals surface area contributed by atoms with Crippen LogP contribution in [0.3, 0.4) is 0 Å². The molecule has 8 heteroatoms. The van der Waals surface area contributed by atoms with Gasteiger partial charge < -0.3 is 20.0 Å². The van der Waals surface area contributed by atoms with Crippen LogP contribution in [-0.2, 0) is 11.8 Å². The average molecular weight is 321 g/mol. The number of anilines is 1. The highest BCUT2D eigenvalue weighted by Gasteiger charge is 2.27. The van der Waals surface area contributed by atoms with Crippen molar-refractivity contribution in [3.63, 3.8) is 0 Å². The quantitative estimate of drug-likeness (QED) is 0.603. The summed E-state index contributed by atoms with van der Waals surface area (Å²) in [4.78, 5) is 22.7. The summed E-state index contributed by atoms with van der Waals surface area (Å²) in [6.45, 7) is 4.64. The fraction of sp³-hybridized carbons (Fsp3) is 0.667. The monoisotopic (exact) mass is 321 g/mol. The van der Waals surface area contributed by atoms with Gasteiger partial charge in [0.2, 0.25) is 5.91 Å². The van der Waals surface area contributed by atoms with Crippen molar-refractivity contribution in [1.82, 2.24) is 24.9 Å². The zero-order chi connectivity index (χ0) is 17.0. The summed E-state index contributed by atoms with van der Waals surface area (Å²) in [6, 6.07) is 0.388. The maximum Gasteiger partial charge on any atom is 0.246 e. The molecule has 1 amide bonds. The number of hydrogen-bond acceptors (Lipinski definition) is 4. The molecule has 0 aromatic carbocycles.